The summed E-state index contributed by atoms with van der Waals surface area (Å²) in [5, 5.41) is 5.32. The maximum Gasteiger partial charge on any atom is 0.271 e. The molecule has 1 heterocycles. The number of nitrogens with zero attached hydrogens (tertiary/aromatic N) is 2. The van der Waals surface area contributed by atoms with Gasteiger partial charge in [-0.05, 0) is 68.8 Å². The average Bonchev–Trinajstić information content (AvgIpc) is 3.01. The molecule has 30 heavy (non-hydrogen) atoms. The molecule has 7 heteroatoms. The fraction of sp³-hybridized carbons (Fsp3) is 0.217. The van der Waals surface area contributed by atoms with Gasteiger partial charge in [-0.15, -0.1) is 0 Å². The highest BCUT2D eigenvalue weighted by molar-refractivity contribution is 6.34. The molecule has 0 radical (unpaired) electrons. The summed E-state index contributed by atoms with van der Waals surface area (Å²) in [7, 11) is 0. The fourth-order valence-electron chi connectivity index (χ4n) is 3.09. The third-order valence-corrected chi connectivity index (χ3v) is 5.13. The Bertz CT molecular complexity index is 1070. The molecule has 0 fully saturated rings. The summed E-state index contributed by atoms with van der Waals surface area (Å²) in [6, 6.07) is 14.3. The first-order valence-electron chi connectivity index (χ1n) is 9.61. The van der Waals surface area contributed by atoms with E-state index in [2.05, 4.69) is 10.5 Å². The van der Waals surface area contributed by atoms with Crippen LogP contribution in [0.4, 0.5) is 0 Å². The van der Waals surface area contributed by atoms with E-state index in [-0.39, 0.29) is 5.91 Å². The van der Waals surface area contributed by atoms with Gasteiger partial charge in [0, 0.05) is 27.5 Å². The molecule has 0 spiro atoms. The summed E-state index contributed by atoms with van der Waals surface area (Å²) in [5.74, 6) is 0.448. The number of carbonyl (C=O) groups excluding carboxylic acids is 1. The number of nitrogens with one attached hydrogen (secondary N) is 1. The fourth-order valence-corrected chi connectivity index (χ4v) is 3.46. The molecule has 0 aliphatic heterocycles. The Balaban J connectivity index is 1.72. The van der Waals surface area contributed by atoms with Gasteiger partial charge in [-0.1, -0.05) is 30.1 Å². The summed E-state index contributed by atoms with van der Waals surface area (Å²) >= 11 is 12.5. The summed E-state index contributed by atoms with van der Waals surface area (Å²) in [5.41, 5.74) is 6.65. The van der Waals surface area contributed by atoms with Crippen LogP contribution in [0.5, 0.6) is 5.75 Å². The monoisotopic (exact) mass is 443 g/mol. The van der Waals surface area contributed by atoms with Gasteiger partial charge in [0.1, 0.15) is 5.75 Å². The Morgan fingerprint density at radius 2 is 1.87 bits per heavy atom. The minimum atomic E-state index is -0.292. The topological polar surface area (TPSA) is 55.6 Å². The molecule has 0 unspecified atom stereocenters. The summed E-state index contributed by atoms with van der Waals surface area (Å²) in [6.07, 6.45) is 2.55. The minimum absolute atomic E-state index is 0.292. The second-order valence-corrected chi connectivity index (χ2v) is 7.67. The van der Waals surface area contributed by atoms with Gasteiger partial charge in [0.25, 0.3) is 5.91 Å². The van der Waals surface area contributed by atoms with Crippen molar-refractivity contribution in [2.24, 2.45) is 5.10 Å². The van der Waals surface area contributed by atoms with Crippen molar-refractivity contribution in [2.45, 2.75) is 27.2 Å². The highest BCUT2D eigenvalue weighted by Gasteiger charge is 2.13. The number of aromatic nitrogens is 1. The first-order valence-corrected chi connectivity index (χ1v) is 10.4. The number of hydrazone groups is 1. The predicted octanol–water partition coefficient (Wildman–Crippen LogP) is 5.95. The second kappa shape index (κ2) is 9.83. The molecule has 1 aromatic heterocycles. The number of benzene rings is 2. The smallest absolute Gasteiger partial charge is 0.271 e. The van der Waals surface area contributed by atoms with E-state index in [9.17, 15) is 4.79 Å². The number of amides is 1. The van der Waals surface area contributed by atoms with Crippen molar-refractivity contribution < 1.29 is 9.53 Å². The van der Waals surface area contributed by atoms with Crippen molar-refractivity contribution >= 4 is 35.3 Å². The lowest BCUT2D eigenvalue weighted by Gasteiger charge is -2.12. The van der Waals surface area contributed by atoms with Crippen molar-refractivity contribution in [2.75, 3.05) is 6.61 Å². The molecule has 1 N–H and O–H groups in total. The average molecular weight is 444 g/mol. The number of hydrogen-bond donors (Lipinski definition) is 1. The van der Waals surface area contributed by atoms with Crippen molar-refractivity contribution in [3.8, 4) is 11.4 Å². The van der Waals surface area contributed by atoms with Crippen LogP contribution < -0.4 is 10.2 Å². The number of aryl methyl sites for hydroxylation is 1. The molecule has 0 aliphatic carbocycles. The van der Waals surface area contributed by atoms with Crippen LogP contribution in [0.25, 0.3) is 5.69 Å². The standard InChI is InChI=1S/C23H23Cl2N3O2/c1-4-11-30-20-8-5-17(6-9-20)23(29)27-26-14-18-12-15(2)28(16(18)3)22-13-19(24)7-10-21(22)25/h5-10,12-14H,4,11H2,1-3H3,(H,27,29)/b26-14+. The molecule has 1 amide bonds. The quantitative estimate of drug-likeness (QED) is 0.362. The van der Waals surface area contributed by atoms with E-state index >= 15 is 0 Å². The molecule has 0 saturated carbocycles. The van der Waals surface area contributed by atoms with Gasteiger partial charge < -0.3 is 9.30 Å². The van der Waals surface area contributed by atoms with Crippen molar-refractivity contribution in [3.05, 3.63) is 81.1 Å². The molecule has 5 nitrogen and oxygen atoms in total. The lowest BCUT2D eigenvalue weighted by atomic mass is 10.2. The normalized spacial score (nSPS) is 11.1. The maximum atomic E-state index is 12.3. The van der Waals surface area contributed by atoms with Crippen LogP contribution in [0.2, 0.25) is 10.0 Å². The zero-order valence-corrected chi connectivity index (χ0v) is 18.6. The van der Waals surface area contributed by atoms with Crippen molar-refractivity contribution in [1.82, 2.24) is 9.99 Å². The van der Waals surface area contributed by atoms with Crippen LogP contribution in [0, 0.1) is 13.8 Å². The second-order valence-electron chi connectivity index (χ2n) is 6.83. The molecular weight excluding hydrogens is 421 g/mol. The summed E-state index contributed by atoms with van der Waals surface area (Å²) < 4.78 is 7.53. The number of ether oxygens (including phenoxy) is 1. The maximum absolute atomic E-state index is 12.3. The van der Waals surface area contributed by atoms with Crippen LogP contribution in [0.15, 0.2) is 53.6 Å². The first-order chi connectivity index (χ1) is 14.4. The third kappa shape index (κ3) is 5.04. The number of hydrogen-bond acceptors (Lipinski definition) is 3. The summed E-state index contributed by atoms with van der Waals surface area (Å²) in [6.45, 7) is 6.63. The molecule has 0 bridgehead atoms. The molecule has 156 valence electrons. The SMILES string of the molecule is CCCOc1ccc(C(=O)N/N=C/c2cc(C)n(-c3cc(Cl)ccc3Cl)c2C)cc1. The van der Waals surface area contributed by atoms with Gasteiger partial charge in [-0.3, -0.25) is 4.79 Å². The van der Waals surface area contributed by atoms with Crippen molar-refractivity contribution in [3.63, 3.8) is 0 Å². The Kier molecular flexibility index (Phi) is 7.19. The Morgan fingerprint density at radius 1 is 1.13 bits per heavy atom. The van der Waals surface area contributed by atoms with Gasteiger partial charge in [0.15, 0.2) is 0 Å². The van der Waals surface area contributed by atoms with Crippen LogP contribution in [-0.2, 0) is 0 Å². The van der Waals surface area contributed by atoms with Gasteiger partial charge in [-0.25, -0.2) is 5.43 Å². The molecule has 2 aromatic carbocycles. The highest BCUT2D eigenvalue weighted by Crippen LogP contribution is 2.28. The van der Waals surface area contributed by atoms with Crippen molar-refractivity contribution in [1.29, 1.82) is 0 Å². The molecule has 0 atom stereocenters. The third-order valence-electron chi connectivity index (χ3n) is 4.58. The van der Waals surface area contributed by atoms with Crippen LogP contribution >= 0.6 is 23.2 Å². The lowest BCUT2D eigenvalue weighted by Crippen LogP contribution is -2.17. The van der Waals surface area contributed by atoms with E-state index in [0.717, 1.165) is 34.8 Å². The zero-order valence-electron chi connectivity index (χ0n) is 17.1. The molecule has 0 aliphatic rings. The highest BCUT2D eigenvalue weighted by atomic mass is 35.5. The Hall–Kier alpha value is -2.76. The summed E-state index contributed by atoms with van der Waals surface area (Å²) in [4.78, 5) is 12.3. The Morgan fingerprint density at radius 3 is 2.57 bits per heavy atom. The van der Waals surface area contributed by atoms with Crippen LogP contribution in [0.3, 0.4) is 0 Å². The van der Waals surface area contributed by atoms with Gasteiger partial charge >= 0.3 is 0 Å². The van der Waals surface area contributed by atoms with Gasteiger partial charge in [0.05, 0.1) is 23.5 Å². The number of halogens is 2. The van der Waals surface area contributed by atoms with Gasteiger partial charge in [-0.2, -0.15) is 5.10 Å². The zero-order chi connectivity index (χ0) is 21.7. The van der Waals surface area contributed by atoms with Crippen LogP contribution in [-0.4, -0.2) is 23.3 Å². The number of carbonyl (C=O) groups is 1. The molecule has 3 aromatic rings. The van der Waals surface area contributed by atoms with E-state index in [0.29, 0.717) is 22.2 Å². The molecule has 3 rings (SSSR count). The molecule has 0 saturated heterocycles. The van der Waals surface area contributed by atoms with E-state index in [1.165, 1.54) is 0 Å². The van der Waals surface area contributed by atoms with E-state index < -0.39 is 0 Å². The van der Waals surface area contributed by atoms with E-state index in [1.54, 1.807) is 42.6 Å². The number of rotatable bonds is 7. The minimum Gasteiger partial charge on any atom is -0.494 e. The first kappa shape index (κ1) is 21.9. The largest absolute Gasteiger partial charge is 0.494 e. The van der Waals surface area contributed by atoms with Gasteiger partial charge in [0.2, 0.25) is 0 Å². The lowest BCUT2D eigenvalue weighted by molar-refractivity contribution is 0.0955. The van der Waals surface area contributed by atoms with E-state index in [1.807, 2.05) is 37.5 Å². The van der Waals surface area contributed by atoms with E-state index in [4.69, 9.17) is 27.9 Å². The molecular formula is C23H23Cl2N3O2. The van der Waals surface area contributed by atoms with Crippen LogP contribution in [0.1, 0.15) is 40.7 Å². The Labute approximate surface area is 186 Å². The predicted molar refractivity (Wildman–Crippen MR) is 123 cm³/mol.